The number of aromatic hydroxyl groups is 1. The standard InChI is InChI=1S/C9H11NO4S/c1-5-7(15(2,13)14)4-3-6(11)8(5)9(10)12/h3-4,11H,1-2H3,(H2,10,12). The maximum absolute atomic E-state index is 11.3. The molecule has 1 rings (SSSR count). The van der Waals surface area contributed by atoms with E-state index in [0.717, 1.165) is 12.3 Å². The lowest BCUT2D eigenvalue weighted by Crippen LogP contribution is -2.15. The van der Waals surface area contributed by atoms with Crippen molar-refractivity contribution >= 4 is 15.7 Å². The normalized spacial score (nSPS) is 11.3. The monoisotopic (exact) mass is 229 g/mol. The van der Waals surface area contributed by atoms with Crippen LogP contribution in [0.1, 0.15) is 15.9 Å². The van der Waals surface area contributed by atoms with Gasteiger partial charge in [0, 0.05) is 6.26 Å². The zero-order valence-electron chi connectivity index (χ0n) is 8.31. The van der Waals surface area contributed by atoms with Gasteiger partial charge in [0.15, 0.2) is 9.84 Å². The van der Waals surface area contributed by atoms with Crippen LogP contribution in [0.3, 0.4) is 0 Å². The molecule has 0 aliphatic rings. The number of sulfone groups is 1. The van der Waals surface area contributed by atoms with Crippen LogP contribution in [0.25, 0.3) is 0 Å². The quantitative estimate of drug-likeness (QED) is 0.757. The lowest BCUT2D eigenvalue weighted by molar-refractivity contribution is 0.0997. The molecule has 0 aliphatic carbocycles. The lowest BCUT2D eigenvalue weighted by atomic mass is 10.1. The summed E-state index contributed by atoms with van der Waals surface area (Å²) < 4.78 is 22.6. The largest absolute Gasteiger partial charge is 0.507 e. The topological polar surface area (TPSA) is 97.5 Å². The van der Waals surface area contributed by atoms with Crippen molar-refractivity contribution < 1.29 is 18.3 Å². The number of hydrogen-bond acceptors (Lipinski definition) is 4. The van der Waals surface area contributed by atoms with Crippen LogP contribution in [-0.2, 0) is 9.84 Å². The highest BCUT2D eigenvalue weighted by molar-refractivity contribution is 7.90. The fourth-order valence-electron chi connectivity index (χ4n) is 1.39. The van der Waals surface area contributed by atoms with Crippen LogP contribution < -0.4 is 5.73 Å². The summed E-state index contributed by atoms with van der Waals surface area (Å²) in [4.78, 5) is 11.0. The number of carbonyl (C=O) groups is 1. The van der Waals surface area contributed by atoms with Crippen molar-refractivity contribution in [3.05, 3.63) is 23.3 Å². The SMILES string of the molecule is Cc1c(S(C)(=O)=O)ccc(O)c1C(N)=O. The fraction of sp³-hybridized carbons (Fsp3) is 0.222. The number of amides is 1. The molecular formula is C9H11NO4S. The van der Waals surface area contributed by atoms with Crippen molar-refractivity contribution in [2.24, 2.45) is 5.73 Å². The summed E-state index contributed by atoms with van der Waals surface area (Å²) >= 11 is 0. The average Bonchev–Trinajstić information content (AvgIpc) is 2.00. The summed E-state index contributed by atoms with van der Waals surface area (Å²) in [7, 11) is -3.43. The van der Waals surface area contributed by atoms with Gasteiger partial charge in [0.1, 0.15) is 5.75 Å². The van der Waals surface area contributed by atoms with Gasteiger partial charge in [-0.05, 0) is 24.6 Å². The first kappa shape index (κ1) is 11.5. The van der Waals surface area contributed by atoms with Crippen LogP contribution >= 0.6 is 0 Å². The Morgan fingerprint density at radius 2 is 1.93 bits per heavy atom. The first-order valence-corrected chi connectivity index (χ1v) is 5.96. The molecule has 0 atom stereocenters. The van der Waals surface area contributed by atoms with Gasteiger partial charge in [-0.1, -0.05) is 0 Å². The van der Waals surface area contributed by atoms with Crippen LogP contribution in [0.5, 0.6) is 5.75 Å². The molecule has 0 aliphatic heterocycles. The van der Waals surface area contributed by atoms with Gasteiger partial charge in [0.25, 0.3) is 5.91 Å². The predicted molar refractivity (Wildman–Crippen MR) is 54.5 cm³/mol. The molecule has 0 bridgehead atoms. The predicted octanol–water partition coefficient (Wildman–Crippen LogP) is 0.203. The van der Waals surface area contributed by atoms with Gasteiger partial charge < -0.3 is 10.8 Å². The van der Waals surface area contributed by atoms with Crippen molar-refractivity contribution in [1.82, 2.24) is 0 Å². The van der Waals surface area contributed by atoms with E-state index >= 15 is 0 Å². The van der Waals surface area contributed by atoms with E-state index in [1.165, 1.54) is 13.0 Å². The molecule has 0 saturated carbocycles. The van der Waals surface area contributed by atoms with Crippen LogP contribution in [0.15, 0.2) is 17.0 Å². The summed E-state index contributed by atoms with van der Waals surface area (Å²) in [5.74, 6) is -1.16. The lowest BCUT2D eigenvalue weighted by Gasteiger charge is -2.08. The number of primary amides is 1. The first-order valence-electron chi connectivity index (χ1n) is 4.07. The number of carbonyl (C=O) groups excluding carboxylic acids is 1. The molecule has 0 radical (unpaired) electrons. The maximum atomic E-state index is 11.3. The van der Waals surface area contributed by atoms with E-state index in [2.05, 4.69) is 0 Å². The van der Waals surface area contributed by atoms with E-state index in [1.807, 2.05) is 0 Å². The maximum Gasteiger partial charge on any atom is 0.252 e. The first-order chi connectivity index (χ1) is 6.75. The number of rotatable bonds is 2. The number of benzene rings is 1. The summed E-state index contributed by atoms with van der Waals surface area (Å²) in [6.07, 6.45) is 1.02. The highest BCUT2D eigenvalue weighted by Crippen LogP contribution is 2.26. The molecule has 82 valence electrons. The fourth-order valence-corrected chi connectivity index (χ4v) is 2.36. The smallest absolute Gasteiger partial charge is 0.252 e. The Morgan fingerprint density at radius 1 is 1.40 bits per heavy atom. The Balaban J connectivity index is 3.64. The molecule has 1 amide bonds. The van der Waals surface area contributed by atoms with Gasteiger partial charge in [0.05, 0.1) is 10.5 Å². The highest BCUT2D eigenvalue weighted by atomic mass is 32.2. The van der Waals surface area contributed by atoms with Gasteiger partial charge in [0.2, 0.25) is 0 Å². The van der Waals surface area contributed by atoms with Crippen LogP contribution in [0.2, 0.25) is 0 Å². The average molecular weight is 229 g/mol. The molecule has 15 heavy (non-hydrogen) atoms. The Labute approximate surface area is 87.4 Å². The molecule has 0 fully saturated rings. The number of hydrogen-bond donors (Lipinski definition) is 2. The second-order valence-electron chi connectivity index (χ2n) is 3.22. The summed E-state index contributed by atoms with van der Waals surface area (Å²) in [6.45, 7) is 1.43. The second-order valence-corrected chi connectivity index (χ2v) is 5.20. The Morgan fingerprint density at radius 3 is 2.33 bits per heavy atom. The van der Waals surface area contributed by atoms with Crippen molar-refractivity contribution in [2.75, 3.05) is 6.26 Å². The third-order valence-electron chi connectivity index (χ3n) is 2.04. The van der Waals surface area contributed by atoms with Crippen molar-refractivity contribution in [3.63, 3.8) is 0 Å². The molecule has 5 nitrogen and oxygen atoms in total. The van der Waals surface area contributed by atoms with Gasteiger partial charge >= 0.3 is 0 Å². The van der Waals surface area contributed by atoms with E-state index in [9.17, 15) is 18.3 Å². The third kappa shape index (κ3) is 2.10. The van der Waals surface area contributed by atoms with E-state index in [4.69, 9.17) is 5.73 Å². The van der Waals surface area contributed by atoms with Crippen molar-refractivity contribution in [2.45, 2.75) is 11.8 Å². The minimum absolute atomic E-state index is 0.00546. The van der Waals surface area contributed by atoms with Gasteiger partial charge in [-0.15, -0.1) is 0 Å². The van der Waals surface area contributed by atoms with Gasteiger partial charge in [-0.3, -0.25) is 4.79 Å². The zero-order valence-corrected chi connectivity index (χ0v) is 9.13. The third-order valence-corrected chi connectivity index (χ3v) is 3.28. The van der Waals surface area contributed by atoms with E-state index in [1.54, 1.807) is 0 Å². The van der Waals surface area contributed by atoms with Gasteiger partial charge in [-0.25, -0.2) is 8.42 Å². The molecular weight excluding hydrogens is 218 g/mol. The molecule has 6 heteroatoms. The van der Waals surface area contributed by atoms with Crippen LogP contribution in [0.4, 0.5) is 0 Å². The molecule has 0 saturated heterocycles. The van der Waals surface area contributed by atoms with Crippen LogP contribution in [0, 0.1) is 6.92 Å². The molecule has 1 aromatic carbocycles. The molecule has 1 aromatic rings. The Hall–Kier alpha value is -1.56. The van der Waals surface area contributed by atoms with Crippen molar-refractivity contribution in [3.8, 4) is 5.75 Å². The molecule has 0 aromatic heterocycles. The molecule has 0 heterocycles. The molecule has 3 N–H and O–H groups in total. The summed E-state index contributed by atoms with van der Waals surface area (Å²) in [5.41, 5.74) is 5.05. The number of nitrogens with two attached hydrogens (primary N) is 1. The van der Waals surface area contributed by atoms with E-state index in [0.29, 0.717) is 0 Å². The minimum Gasteiger partial charge on any atom is -0.507 e. The Kier molecular flexibility index (Phi) is 2.72. The highest BCUT2D eigenvalue weighted by Gasteiger charge is 2.19. The second kappa shape index (κ2) is 3.54. The van der Waals surface area contributed by atoms with E-state index in [-0.39, 0.29) is 21.8 Å². The van der Waals surface area contributed by atoms with Gasteiger partial charge in [-0.2, -0.15) is 0 Å². The Bertz CT molecular complexity index is 519. The summed E-state index contributed by atoms with van der Waals surface area (Å²) in [6, 6.07) is 2.38. The molecule has 0 unspecified atom stereocenters. The van der Waals surface area contributed by atoms with E-state index < -0.39 is 15.7 Å². The zero-order chi connectivity index (χ0) is 11.8. The minimum atomic E-state index is -3.43. The van der Waals surface area contributed by atoms with Crippen molar-refractivity contribution in [1.29, 1.82) is 0 Å². The number of phenols is 1. The summed E-state index contributed by atoms with van der Waals surface area (Å²) in [5, 5.41) is 9.36. The molecule has 0 spiro atoms. The van der Waals surface area contributed by atoms with Crippen LogP contribution in [-0.4, -0.2) is 25.7 Å².